The quantitative estimate of drug-likeness (QED) is 0.820. The average molecular weight is 240 g/mol. The van der Waals surface area contributed by atoms with Crippen molar-refractivity contribution in [2.75, 3.05) is 13.7 Å². The monoisotopic (exact) mass is 239 g/mol. The molecule has 0 aromatic heterocycles. The fraction of sp³-hybridized carbons (Fsp3) is 0.333. The summed E-state index contributed by atoms with van der Waals surface area (Å²) in [4.78, 5) is 0. The van der Waals surface area contributed by atoms with Crippen LogP contribution in [0, 0.1) is 11.8 Å². The van der Waals surface area contributed by atoms with E-state index in [0.717, 1.165) is 5.56 Å². The minimum absolute atomic E-state index is 0.307. The van der Waals surface area contributed by atoms with Crippen LogP contribution in [0.4, 0.5) is 0 Å². The maximum atomic E-state index is 5.92. The van der Waals surface area contributed by atoms with Crippen LogP contribution in [0.15, 0.2) is 12.1 Å². The van der Waals surface area contributed by atoms with Crippen LogP contribution in [-0.4, -0.2) is 13.7 Å². The molecule has 0 aliphatic carbocycles. The number of methoxy groups -OCH3 is 1. The van der Waals surface area contributed by atoms with Gasteiger partial charge in [0, 0.05) is 23.2 Å². The third-order valence-electron chi connectivity index (χ3n) is 2.00. The van der Waals surface area contributed by atoms with Gasteiger partial charge >= 0.3 is 0 Å². The molecule has 0 aliphatic rings. The summed E-state index contributed by atoms with van der Waals surface area (Å²) in [7, 11) is 1.56. The lowest BCUT2D eigenvalue weighted by atomic mass is 10.2. The molecule has 2 N–H and O–H groups in total. The molecule has 16 heavy (non-hydrogen) atoms. The van der Waals surface area contributed by atoms with Gasteiger partial charge < -0.3 is 15.2 Å². The van der Waals surface area contributed by atoms with E-state index in [-0.39, 0.29) is 0 Å². The van der Waals surface area contributed by atoms with Crippen LogP contribution >= 0.6 is 11.6 Å². The van der Waals surface area contributed by atoms with Crippen molar-refractivity contribution < 1.29 is 9.47 Å². The van der Waals surface area contributed by atoms with E-state index in [2.05, 4.69) is 11.8 Å². The third-order valence-corrected chi connectivity index (χ3v) is 2.22. The second-order valence-corrected chi connectivity index (χ2v) is 3.45. The number of ether oxygens (including phenoxy) is 2. The molecule has 0 heterocycles. The first kappa shape index (κ1) is 12.7. The lowest BCUT2D eigenvalue weighted by Gasteiger charge is -2.13. The molecule has 0 fully saturated rings. The molecule has 0 spiro atoms. The van der Waals surface area contributed by atoms with E-state index in [9.17, 15) is 0 Å². The Balaban J connectivity index is 3.04. The van der Waals surface area contributed by atoms with Crippen molar-refractivity contribution in [2.45, 2.75) is 13.5 Å². The van der Waals surface area contributed by atoms with E-state index >= 15 is 0 Å². The van der Waals surface area contributed by atoms with Gasteiger partial charge in [0.25, 0.3) is 0 Å². The van der Waals surface area contributed by atoms with Crippen molar-refractivity contribution in [2.24, 2.45) is 5.73 Å². The Morgan fingerprint density at radius 3 is 2.75 bits per heavy atom. The smallest absolute Gasteiger partial charge is 0.167 e. The number of hydrogen-bond donors (Lipinski definition) is 1. The van der Waals surface area contributed by atoms with Crippen LogP contribution in [0.3, 0.4) is 0 Å². The minimum atomic E-state index is 0.307. The van der Waals surface area contributed by atoms with Crippen LogP contribution in [0.1, 0.15) is 12.5 Å². The minimum Gasteiger partial charge on any atom is -0.493 e. The molecule has 1 aromatic rings. The van der Waals surface area contributed by atoms with E-state index in [1.54, 1.807) is 26.2 Å². The van der Waals surface area contributed by atoms with Gasteiger partial charge in [0.2, 0.25) is 0 Å². The van der Waals surface area contributed by atoms with Gasteiger partial charge in [-0.1, -0.05) is 17.5 Å². The van der Waals surface area contributed by atoms with E-state index < -0.39 is 0 Å². The lowest BCUT2D eigenvalue weighted by Crippen LogP contribution is -2.04. The van der Waals surface area contributed by atoms with Crippen LogP contribution in [0.2, 0.25) is 5.02 Å². The average Bonchev–Trinajstić information content (AvgIpc) is 2.30. The zero-order chi connectivity index (χ0) is 12.0. The molecular formula is C12H14ClNO2. The summed E-state index contributed by atoms with van der Waals surface area (Å²) in [5.74, 6) is 6.75. The van der Waals surface area contributed by atoms with Gasteiger partial charge in [-0.15, -0.1) is 5.92 Å². The number of rotatable bonds is 4. The number of halogens is 1. The Bertz CT molecular complexity index is 396. The third kappa shape index (κ3) is 3.06. The highest BCUT2D eigenvalue weighted by Gasteiger charge is 2.11. The van der Waals surface area contributed by atoms with Gasteiger partial charge in [-0.2, -0.15) is 0 Å². The fourth-order valence-corrected chi connectivity index (χ4v) is 1.50. The SMILES string of the molecule is CC#CCOc1c(CN)cc(Cl)cc1OC. The summed E-state index contributed by atoms with van der Waals surface area (Å²) >= 11 is 5.92. The van der Waals surface area contributed by atoms with E-state index in [1.807, 2.05) is 0 Å². The highest BCUT2D eigenvalue weighted by Crippen LogP contribution is 2.34. The second kappa shape index (κ2) is 6.26. The maximum absolute atomic E-state index is 5.92. The molecule has 3 nitrogen and oxygen atoms in total. The van der Waals surface area contributed by atoms with Crippen molar-refractivity contribution in [3.8, 4) is 23.3 Å². The van der Waals surface area contributed by atoms with Crippen molar-refractivity contribution in [1.82, 2.24) is 0 Å². The van der Waals surface area contributed by atoms with Crippen LogP contribution in [0.25, 0.3) is 0 Å². The molecule has 1 aromatic carbocycles. The standard InChI is InChI=1S/C12H14ClNO2/c1-3-4-5-16-12-9(8-14)6-10(13)7-11(12)15-2/h6-7H,5,8,14H2,1-2H3. The van der Waals surface area contributed by atoms with Gasteiger partial charge in [-0.25, -0.2) is 0 Å². The number of nitrogens with two attached hydrogens (primary N) is 1. The van der Waals surface area contributed by atoms with Gasteiger partial charge in [0.15, 0.2) is 11.5 Å². The summed E-state index contributed by atoms with van der Waals surface area (Å²) < 4.78 is 10.7. The second-order valence-electron chi connectivity index (χ2n) is 3.02. The summed E-state index contributed by atoms with van der Waals surface area (Å²) in [5, 5.41) is 0.575. The molecule has 1 rings (SSSR count). The molecule has 86 valence electrons. The van der Waals surface area contributed by atoms with Crippen molar-refractivity contribution >= 4 is 11.6 Å². The normalized spacial score (nSPS) is 9.25. The first-order valence-corrected chi connectivity index (χ1v) is 5.19. The van der Waals surface area contributed by atoms with Crippen molar-refractivity contribution in [1.29, 1.82) is 0 Å². The zero-order valence-corrected chi connectivity index (χ0v) is 10.1. The summed E-state index contributed by atoms with van der Waals surface area (Å²) in [6.45, 7) is 2.40. The highest BCUT2D eigenvalue weighted by atomic mass is 35.5. The first-order valence-electron chi connectivity index (χ1n) is 4.81. The van der Waals surface area contributed by atoms with E-state index in [4.69, 9.17) is 26.8 Å². The van der Waals surface area contributed by atoms with Gasteiger partial charge in [0.05, 0.1) is 7.11 Å². The van der Waals surface area contributed by atoms with Crippen molar-refractivity contribution in [3.63, 3.8) is 0 Å². The molecule has 0 atom stereocenters. The molecule has 0 saturated carbocycles. The predicted molar refractivity (Wildman–Crippen MR) is 64.8 cm³/mol. The van der Waals surface area contributed by atoms with Gasteiger partial charge in [-0.05, 0) is 13.0 Å². The van der Waals surface area contributed by atoms with Crippen LogP contribution in [0.5, 0.6) is 11.5 Å². The first-order chi connectivity index (χ1) is 7.72. The van der Waals surface area contributed by atoms with Crippen LogP contribution in [-0.2, 0) is 6.54 Å². The summed E-state index contributed by atoms with van der Waals surface area (Å²) in [6, 6.07) is 3.45. The summed E-state index contributed by atoms with van der Waals surface area (Å²) in [5.41, 5.74) is 6.42. The Hall–Kier alpha value is -1.37. The predicted octanol–water partition coefficient (Wildman–Crippen LogP) is 2.21. The fourth-order valence-electron chi connectivity index (χ4n) is 1.27. The van der Waals surface area contributed by atoms with Gasteiger partial charge in [-0.3, -0.25) is 0 Å². The zero-order valence-electron chi connectivity index (χ0n) is 9.34. The molecule has 0 unspecified atom stereocenters. The van der Waals surface area contributed by atoms with Crippen molar-refractivity contribution in [3.05, 3.63) is 22.7 Å². The number of hydrogen-bond acceptors (Lipinski definition) is 3. The van der Waals surface area contributed by atoms with Crippen LogP contribution < -0.4 is 15.2 Å². The molecule has 0 bridgehead atoms. The molecule has 0 saturated heterocycles. The molecule has 0 aliphatic heterocycles. The topological polar surface area (TPSA) is 44.5 Å². The molecule has 4 heteroatoms. The molecule has 0 amide bonds. The van der Waals surface area contributed by atoms with Gasteiger partial charge in [0.1, 0.15) is 6.61 Å². The molecule has 0 radical (unpaired) electrons. The summed E-state index contributed by atoms with van der Waals surface area (Å²) in [6.07, 6.45) is 0. The van der Waals surface area contributed by atoms with E-state index in [1.165, 1.54) is 0 Å². The number of benzene rings is 1. The Kier molecular flexibility index (Phi) is 4.97. The Morgan fingerprint density at radius 2 is 2.19 bits per heavy atom. The molecular weight excluding hydrogens is 226 g/mol. The Morgan fingerprint density at radius 1 is 1.44 bits per heavy atom. The Labute approximate surface area is 100 Å². The lowest BCUT2D eigenvalue weighted by molar-refractivity contribution is 0.327. The van der Waals surface area contributed by atoms with E-state index in [0.29, 0.717) is 29.7 Å². The highest BCUT2D eigenvalue weighted by molar-refractivity contribution is 6.30. The maximum Gasteiger partial charge on any atom is 0.167 e. The largest absolute Gasteiger partial charge is 0.493 e.